The molecule has 15 nitrogen and oxygen atoms in total. The Kier molecular flexibility index (Phi) is 11.8. The highest BCUT2D eigenvalue weighted by Gasteiger charge is 2.59. The maximum atomic E-state index is 14.2. The summed E-state index contributed by atoms with van der Waals surface area (Å²) in [4.78, 5) is 13.9. The highest BCUT2D eigenvalue weighted by molar-refractivity contribution is 5.79. The summed E-state index contributed by atoms with van der Waals surface area (Å²) in [5.41, 5.74) is 6.51. The van der Waals surface area contributed by atoms with Gasteiger partial charge >= 0.3 is 5.97 Å². The molecule has 0 bridgehead atoms. The molecule has 15 heteroatoms. The summed E-state index contributed by atoms with van der Waals surface area (Å²) < 4.78 is 19.6. The average Bonchev–Trinajstić information content (AvgIpc) is 1.86. The van der Waals surface area contributed by atoms with Gasteiger partial charge in [0.2, 0.25) is 0 Å². The Balaban J connectivity index is 1.22. The van der Waals surface area contributed by atoms with E-state index in [1.54, 1.807) is 84.9 Å². The van der Waals surface area contributed by atoms with Gasteiger partial charge in [0.05, 0.1) is 25.4 Å². The first-order chi connectivity index (χ1) is 39.0. The number of hydrogen-bond donors (Lipinski definition) is 11. The molecule has 2 aliphatic heterocycles. The van der Waals surface area contributed by atoms with E-state index < -0.39 is 59.6 Å². The maximum Gasteiger partial charge on any atom is 0.306 e. The second kappa shape index (κ2) is 19.0. The van der Waals surface area contributed by atoms with Gasteiger partial charge in [-0.1, -0.05) is 60.7 Å². The fourth-order valence-electron chi connectivity index (χ4n) is 13.8. The summed E-state index contributed by atoms with van der Waals surface area (Å²) in [5, 5.41) is 127. The van der Waals surface area contributed by atoms with Crippen LogP contribution in [0.1, 0.15) is 138 Å². The van der Waals surface area contributed by atoms with Crippen LogP contribution >= 0.6 is 0 Å². The molecule has 9 aromatic rings. The van der Waals surface area contributed by atoms with Crippen molar-refractivity contribution in [3.05, 3.63) is 242 Å². The van der Waals surface area contributed by atoms with E-state index in [2.05, 4.69) is 0 Å². The van der Waals surface area contributed by atoms with Crippen molar-refractivity contribution in [1.29, 1.82) is 0 Å². The van der Waals surface area contributed by atoms with E-state index >= 15 is 0 Å². The quantitative estimate of drug-likeness (QED) is 0.0569. The Hall–Kier alpha value is -10.2. The molecule has 2 aliphatic carbocycles. The number of carbonyl (C=O) groups excluding carboxylic acids is 1. The Morgan fingerprint density at radius 3 is 1.46 bits per heavy atom. The number of phenols is 11. The second-order valence-electron chi connectivity index (χ2n) is 21.4. The summed E-state index contributed by atoms with van der Waals surface area (Å²) in [5.74, 6) is -8.67. The number of esters is 1. The van der Waals surface area contributed by atoms with Gasteiger partial charge in [0.15, 0.2) is 0 Å². The number of rotatable bonds is 10. The molecule has 0 saturated carbocycles. The van der Waals surface area contributed by atoms with Crippen molar-refractivity contribution in [3.8, 4) is 74.7 Å². The van der Waals surface area contributed by atoms with Gasteiger partial charge in [-0.3, -0.25) is 4.79 Å². The molecule has 406 valence electrons. The van der Waals surface area contributed by atoms with Crippen molar-refractivity contribution in [2.45, 2.75) is 60.1 Å². The van der Waals surface area contributed by atoms with Gasteiger partial charge in [-0.05, 0) is 135 Å². The molecular weight excluding hydrogens is 1030 g/mol. The molecule has 13 rings (SSSR count). The zero-order chi connectivity index (χ0) is 56.3. The van der Waals surface area contributed by atoms with Crippen LogP contribution in [-0.2, 0) is 9.53 Å². The first-order valence-corrected chi connectivity index (χ1v) is 26.3. The van der Waals surface area contributed by atoms with Crippen molar-refractivity contribution in [1.82, 2.24) is 0 Å². The van der Waals surface area contributed by atoms with Gasteiger partial charge in [0.25, 0.3) is 0 Å². The van der Waals surface area contributed by atoms with Gasteiger partial charge in [0.1, 0.15) is 87.0 Å². The molecule has 0 amide bonds. The minimum Gasteiger partial charge on any atom is -0.508 e. The monoisotopic (exact) mass is 1080 g/mol. The van der Waals surface area contributed by atoms with Gasteiger partial charge in [-0.2, -0.15) is 0 Å². The fourth-order valence-corrected chi connectivity index (χ4v) is 13.8. The van der Waals surface area contributed by atoms with Crippen LogP contribution in [0, 0.1) is 0 Å². The van der Waals surface area contributed by atoms with Crippen LogP contribution < -0.4 is 9.47 Å². The molecule has 0 saturated heterocycles. The number of methoxy groups -OCH3 is 1. The first kappa shape index (κ1) is 50.4. The minimum atomic E-state index is -1.07. The van der Waals surface area contributed by atoms with Gasteiger partial charge < -0.3 is 70.4 Å². The lowest BCUT2D eigenvalue weighted by molar-refractivity contribution is -0.140. The smallest absolute Gasteiger partial charge is 0.306 e. The van der Waals surface area contributed by atoms with E-state index in [4.69, 9.17) is 14.2 Å². The zero-order valence-electron chi connectivity index (χ0n) is 43.0. The lowest BCUT2D eigenvalue weighted by Crippen LogP contribution is -2.21. The number of fused-ring (bicyclic) bond motifs is 3. The summed E-state index contributed by atoms with van der Waals surface area (Å²) in [6, 6.07) is 42.3. The van der Waals surface area contributed by atoms with Crippen LogP contribution in [0.4, 0.5) is 0 Å². The summed E-state index contributed by atoms with van der Waals surface area (Å²) in [6.45, 7) is 0. The standard InChI is InChI=1S/C66H52O15/c1-79-50(77)29-45(30-2-12-36(67)13-3-30)58-63(78)61-56(47-26-44(75)28-49-55(47)53(35-22-41(72)24-42(73)23-35)64(80-49)33-8-18-39(70)19-9-33)52(32-6-16-38(69)17-7-32)59-51(31-4-14-37(68)15-5-31)54-46(25-43(74)27-48(54)76)57-62(60(59)61)66(58)81-65(57)34-10-20-40(71)21-11-34/h2-28,45,51-53,56-57,59,64-65,67-76,78H,29H2,1H3. The van der Waals surface area contributed by atoms with Crippen molar-refractivity contribution in [2.24, 2.45) is 0 Å². The zero-order valence-corrected chi connectivity index (χ0v) is 43.0. The Morgan fingerprint density at radius 2 is 0.901 bits per heavy atom. The average molecular weight is 1090 g/mol. The normalized spacial score (nSPS) is 21.2. The molecule has 81 heavy (non-hydrogen) atoms. The van der Waals surface area contributed by atoms with Gasteiger partial charge in [-0.15, -0.1) is 0 Å². The third kappa shape index (κ3) is 8.21. The molecular formula is C66H52O15. The lowest BCUT2D eigenvalue weighted by Gasteiger charge is -2.35. The topological polar surface area (TPSA) is 267 Å². The van der Waals surface area contributed by atoms with E-state index in [1.165, 1.54) is 86.0 Å². The summed E-state index contributed by atoms with van der Waals surface area (Å²) in [7, 11) is 1.25. The summed E-state index contributed by atoms with van der Waals surface area (Å²) in [6.07, 6.45) is -2.28. The van der Waals surface area contributed by atoms with E-state index in [9.17, 15) is 61.0 Å². The van der Waals surface area contributed by atoms with Crippen molar-refractivity contribution in [3.63, 3.8) is 0 Å². The molecule has 0 radical (unpaired) electrons. The Labute approximate surface area is 462 Å². The molecule has 9 unspecified atom stereocenters. The molecule has 0 fully saturated rings. The molecule has 0 aromatic heterocycles. The maximum absolute atomic E-state index is 14.2. The van der Waals surface area contributed by atoms with Crippen LogP contribution in [0.5, 0.6) is 74.7 Å². The molecule has 2 heterocycles. The number of phenolic OH excluding ortho intramolecular Hbond substituents is 11. The van der Waals surface area contributed by atoms with E-state index in [1.807, 2.05) is 0 Å². The number of ether oxygens (including phenoxy) is 3. The van der Waals surface area contributed by atoms with Crippen LogP contribution in [0.3, 0.4) is 0 Å². The van der Waals surface area contributed by atoms with Crippen LogP contribution in [0.25, 0.3) is 0 Å². The predicted molar refractivity (Wildman–Crippen MR) is 294 cm³/mol. The Bertz CT molecular complexity index is 3950. The van der Waals surface area contributed by atoms with E-state index in [0.717, 1.165) is 0 Å². The molecule has 4 aliphatic rings. The predicted octanol–water partition coefficient (Wildman–Crippen LogP) is 11.8. The highest BCUT2D eigenvalue weighted by atomic mass is 16.5. The lowest BCUT2D eigenvalue weighted by atomic mass is 9.68. The number of hydrogen-bond acceptors (Lipinski definition) is 15. The number of carbonyl (C=O) groups is 1. The van der Waals surface area contributed by atoms with Gasteiger partial charge in [0, 0.05) is 75.6 Å². The van der Waals surface area contributed by atoms with Crippen molar-refractivity contribution >= 4 is 5.97 Å². The van der Waals surface area contributed by atoms with Gasteiger partial charge in [-0.25, -0.2) is 0 Å². The van der Waals surface area contributed by atoms with Crippen molar-refractivity contribution < 1.29 is 75.2 Å². The fraction of sp³-hybridized carbons (Fsp3) is 0.167. The SMILES string of the molecule is COC(=O)CC(c1ccc(O)cc1)c1c(O)c2c3c4c1OC(c1ccc(O)cc1)C4c1cc(O)cc(O)c1C(c1ccc(O)cc1)C3C(c1ccc(O)cc1)C2c1cc(O)cc2c1C(c1cc(O)cc(O)c1)C(c1ccc(O)cc1)O2. The first-order valence-electron chi connectivity index (χ1n) is 26.3. The third-order valence-electron chi connectivity index (χ3n) is 16.9. The highest BCUT2D eigenvalue weighted by Crippen LogP contribution is 2.73. The largest absolute Gasteiger partial charge is 0.508 e. The minimum absolute atomic E-state index is 0.0107. The molecule has 0 spiro atoms. The second-order valence-corrected chi connectivity index (χ2v) is 21.4. The summed E-state index contributed by atoms with van der Waals surface area (Å²) >= 11 is 0. The van der Waals surface area contributed by atoms with Crippen LogP contribution in [-0.4, -0.2) is 69.3 Å². The van der Waals surface area contributed by atoms with E-state index in [-0.39, 0.29) is 86.7 Å². The van der Waals surface area contributed by atoms with Crippen LogP contribution in [0.15, 0.2) is 164 Å². The third-order valence-corrected chi connectivity index (χ3v) is 16.9. The number of benzene rings is 9. The molecule has 11 N–H and O–H groups in total. The molecule has 9 atom stereocenters. The molecule has 9 aromatic carbocycles. The van der Waals surface area contributed by atoms with Crippen LogP contribution in [0.2, 0.25) is 0 Å². The Morgan fingerprint density at radius 1 is 0.420 bits per heavy atom. The number of aromatic hydroxyl groups is 11. The van der Waals surface area contributed by atoms with Crippen molar-refractivity contribution in [2.75, 3.05) is 7.11 Å². The van der Waals surface area contributed by atoms with E-state index in [0.29, 0.717) is 72.3 Å².